The minimum atomic E-state index is 0.502. The maximum atomic E-state index is 8.07. The third-order valence-electron chi connectivity index (χ3n) is 1.55. The van der Waals surface area contributed by atoms with Gasteiger partial charge in [-0.2, -0.15) is 5.26 Å². The molecule has 0 aliphatic rings. The van der Waals surface area contributed by atoms with E-state index in [4.69, 9.17) is 5.26 Å². The highest BCUT2D eigenvalue weighted by atomic mass is 14.2. The number of nitriles is 1. The largest absolute Gasteiger partial charge is 0.192 e. The molecule has 1 nitrogen and oxygen atoms in total. The van der Waals surface area contributed by atoms with Gasteiger partial charge in [0.2, 0.25) is 0 Å². The van der Waals surface area contributed by atoms with Gasteiger partial charge < -0.3 is 0 Å². The first-order valence-electron chi connectivity index (χ1n) is 4.63. The van der Waals surface area contributed by atoms with E-state index < -0.39 is 0 Å². The van der Waals surface area contributed by atoms with E-state index in [1.165, 1.54) is 5.56 Å². The van der Waals surface area contributed by atoms with Crippen LogP contribution in [0.5, 0.6) is 0 Å². The first-order valence-corrected chi connectivity index (χ1v) is 4.63. The number of allylic oxidation sites excluding steroid dienone is 3. The van der Waals surface area contributed by atoms with Gasteiger partial charge in [0.15, 0.2) is 0 Å². The van der Waals surface area contributed by atoms with E-state index in [0.29, 0.717) is 5.57 Å². The van der Waals surface area contributed by atoms with E-state index >= 15 is 0 Å². The zero-order valence-corrected chi connectivity index (χ0v) is 8.98. The van der Waals surface area contributed by atoms with Gasteiger partial charge in [0.1, 0.15) is 0 Å². The van der Waals surface area contributed by atoms with Gasteiger partial charge in [-0.1, -0.05) is 55.6 Å². The van der Waals surface area contributed by atoms with Crippen LogP contribution < -0.4 is 0 Å². The molecule has 0 atom stereocenters. The van der Waals surface area contributed by atoms with Crippen molar-refractivity contribution in [3.63, 3.8) is 0 Å². The van der Waals surface area contributed by atoms with Gasteiger partial charge in [-0.05, 0) is 18.6 Å². The van der Waals surface area contributed by atoms with Gasteiger partial charge in [-0.15, -0.1) is 0 Å². The topological polar surface area (TPSA) is 23.8 Å². The van der Waals surface area contributed by atoms with E-state index in [-0.39, 0.29) is 0 Å². The molecule has 0 heterocycles. The second kappa shape index (κ2) is 8.52. The fourth-order valence-electron chi connectivity index (χ4n) is 0.828. The Labute approximate surface area is 91.7 Å². The molecule has 0 saturated carbocycles. The fourth-order valence-corrected chi connectivity index (χ4v) is 0.828. The van der Waals surface area contributed by atoms with E-state index in [1.807, 2.05) is 49.4 Å². The van der Waals surface area contributed by atoms with Crippen molar-refractivity contribution < 1.29 is 0 Å². The summed E-state index contributed by atoms with van der Waals surface area (Å²) in [5, 5.41) is 8.07. The highest BCUT2D eigenvalue weighted by molar-refractivity contribution is 5.45. The summed E-state index contributed by atoms with van der Waals surface area (Å²) < 4.78 is 0. The summed E-state index contributed by atoms with van der Waals surface area (Å²) in [4.78, 5) is 0. The molecule has 0 unspecified atom stereocenters. The summed E-state index contributed by atoms with van der Waals surface area (Å²) in [5.41, 5.74) is 1.68. The van der Waals surface area contributed by atoms with Gasteiger partial charge in [0.05, 0.1) is 6.07 Å². The Bertz CT molecular complexity index is 366. The van der Waals surface area contributed by atoms with Crippen LogP contribution in [0.3, 0.4) is 0 Å². The molecule has 1 rings (SSSR count). The monoisotopic (exact) mass is 197 g/mol. The third kappa shape index (κ3) is 7.04. The Morgan fingerprint density at radius 3 is 2.20 bits per heavy atom. The van der Waals surface area contributed by atoms with Gasteiger partial charge >= 0.3 is 0 Å². The minimum Gasteiger partial charge on any atom is -0.192 e. The van der Waals surface area contributed by atoms with Gasteiger partial charge in [0.25, 0.3) is 0 Å². The third-order valence-corrected chi connectivity index (χ3v) is 1.55. The highest BCUT2D eigenvalue weighted by Crippen LogP contribution is 1.97. The van der Waals surface area contributed by atoms with Crippen molar-refractivity contribution in [2.24, 2.45) is 0 Å². The standard InChI is InChI=1S/C8H8.C6H7N/c1-2-8-6-4-3-5-7-8;1-3-4-6(2)5-7/h2-7H,1H2;3-4H,2H2,1H3. The Morgan fingerprint density at radius 1 is 1.33 bits per heavy atom. The molecule has 0 N–H and O–H groups in total. The second-order valence-electron chi connectivity index (χ2n) is 2.75. The van der Waals surface area contributed by atoms with Crippen molar-refractivity contribution in [2.75, 3.05) is 0 Å². The van der Waals surface area contributed by atoms with Crippen molar-refractivity contribution in [3.8, 4) is 6.07 Å². The predicted molar refractivity (Wildman–Crippen MR) is 66.1 cm³/mol. The quantitative estimate of drug-likeness (QED) is 0.520. The molecule has 0 bridgehead atoms. The van der Waals surface area contributed by atoms with Crippen molar-refractivity contribution in [3.05, 3.63) is 66.8 Å². The molecule has 0 spiro atoms. The second-order valence-corrected chi connectivity index (χ2v) is 2.75. The van der Waals surface area contributed by atoms with Crippen LogP contribution in [0, 0.1) is 11.3 Å². The lowest BCUT2D eigenvalue weighted by Gasteiger charge is -1.85. The molecule has 1 aromatic rings. The molecule has 1 aromatic carbocycles. The maximum absolute atomic E-state index is 8.07. The summed E-state index contributed by atoms with van der Waals surface area (Å²) in [6.45, 7) is 8.90. The fraction of sp³-hybridized carbons (Fsp3) is 0.0714. The molecule has 0 saturated heterocycles. The van der Waals surface area contributed by atoms with Crippen LogP contribution in [-0.2, 0) is 0 Å². The van der Waals surface area contributed by atoms with Crippen molar-refractivity contribution in [1.29, 1.82) is 5.26 Å². The number of benzene rings is 1. The Hall–Kier alpha value is -2.07. The van der Waals surface area contributed by atoms with Crippen molar-refractivity contribution >= 4 is 6.08 Å². The van der Waals surface area contributed by atoms with E-state index in [1.54, 1.807) is 12.2 Å². The Morgan fingerprint density at radius 2 is 1.93 bits per heavy atom. The molecule has 0 aliphatic carbocycles. The zero-order chi connectivity index (χ0) is 11.5. The van der Waals surface area contributed by atoms with Crippen LogP contribution in [0.4, 0.5) is 0 Å². The molecule has 0 aromatic heterocycles. The molecular weight excluding hydrogens is 182 g/mol. The lowest BCUT2D eigenvalue weighted by atomic mass is 10.2. The summed E-state index contributed by atoms with van der Waals surface area (Å²) in [6.07, 6.45) is 5.28. The molecule has 0 radical (unpaired) electrons. The lowest BCUT2D eigenvalue weighted by molar-refractivity contribution is 1.50. The smallest absolute Gasteiger partial charge is 0.0985 e. The van der Waals surface area contributed by atoms with Crippen LogP contribution in [-0.4, -0.2) is 0 Å². The number of nitrogens with zero attached hydrogens (tertiary/aromatic N) is 1. The van der Waals surface area contributed by atoms with Crippen LogP contribution in [0.2, 0.25) is 0 Å². The first-order chi connectivity index (χ1) is 7.24. The van der Waals surface area contributed by atoms with Gasteiger partial charge in [-0.3, -0.25) is 0 Å². The van der Waals surface area contributed by atoms with Gasteiger partial charge in [0, 0.05) is 5.57 Å². The molecule has 0 fully saturated rings. The zero-order valence-electron chi connectivity index (χ0n) is 8.98. The summed E-state index contributed by atoms with van der Waals surface area (Å²) in [7, 11) is 0. The number of hydrogen-bond donors (Lipinski definition) is 0. The van der Waals surface area contributed by atoms with E-state index in [9.17, 15) is 0 Å². The van der Waals surface area contributed by atoms with Gasteiger partial charge in [-0.25, -0.2) is 0 Å². The average Bonchev–Trinajstić information content (AvgIpc) is 2.31. The number of hydrogen-bond acceptors (Lipinski definition) is 1. The van der Waals surface area contributed by atoms with Crippen LogP contribution in [0.1, 0.15) is 12.5 Å². The van der Waals surface area contributed by atoms with Crippen molar-refractivity contribution in [1.82, 2.24) is 0 Å². The predicted octanol–water partition coefficient (Wildman–Crippen LogP) is 3.97. The Kier molecular flexibility index (Phi) is 7.35. The molecule has 15 heavy (non-hydrogen) atoms. The lowest BCUT2D eigenvalue weighted by Crippen LogP contribution is -1.63. The normalized spacial score (nSPS) is 8.53. The van der Waals surface area contributed by atoms with Crippen LogP contribution in [0.15, 0.2) is 61.2 Å². The summed E-state index contributed by atoms with van der Waals surface area (Å²) in [6, 6.07) is 11.9. The van der Waals surface area contributed by atoms with Crippen LogP contribution >= 0.6 is 0 Å². The molecule has 1 heteroatoms. The molecule has 76 valence electrons. The van der Waals surface area contributed by atoms with E-state index in [2.05, 4.69) is 13.2 Å². The summed E-state index contributed by atoms with van der Waals surface area (Å²) >= 11 is 0. The summed E-state index contributed by atoms with van der Waals surface area (Å²) in [5.74, 6) is 0. The first kappa shape index (κ1) is 12.9. The molecular formula is C14H15N. The highest BCUT2D eigenvalue weighted by Gasteiger charge is 1.75. The molecule has 0 aliphatic heterocycles. The van der Waals surface area contributed by atoms with E-state index in [0.717, 1.165) is 0 Å². The Balaban J connectivity index is 0.000000265. The SMILES string of the molecule is C=C(C#N)C=CC.C=Cc1ccccc1. The number of rotatable bonds is 2. The van der Waals surface area contributed by atoms with Crippen molar-refractivity contribution in [2.45, 2.75) is 6.92 Å². The minimum absolute atomic E-state index is 0.502. The average molecular weight is 197 g/mol. The van der Waals surface area contributed by atoms with Crippen LogP contribution in [0.25, 0.3) is 6.08 Å². The maximum Gasteiger partial charge on any atom is 0.0985 e. The molecule has 0 amide bonds.